The number of nitrogens with two attached hydrogens (primary N) is 1. The number of aromatic hydroxyl groups is 1. The van der Waals surface area contributed by atoms with Crippen LogP contribution >= 0.6 is 0 Å². The Morgan fingerprint density at radius 3 is 2.52 bits per heavy atom. The number of rotatable bonds is 4. The minimum Gasteiger partial charge on any atom is -0.505 e. The second-order valence-electron chi connectivity index (χ2n) is 4.88. The van der Waals surface area contributed by atoms with E-state index in [4.69, 9.17) is 10.8 Å². The van der Waals surface area contributed by atoms with E-state index in [-0.39, 0.29) is 11.6 Å². The molecule has 21 heavy (non-hydrogen) atoms. The summed E-state index contributed by atoms with van der Waals surface area (Å²) >= 11 is 0. The van der Waals surface area contributed by atoms with E-state index >= 15 is 0 Å². The standard InChI is InChI=1S/C16H17FN2O2/c1-10(15(18)11-5-3-2-4-6-11)16(21)19-12-7-8-14(20)13(17)9-12/h2-10,15,20H,18H2,1H3,(H,19,21). The highest BCUT2D eigenvalue weighted by Gasteiger charge is 2.22. The molecule has 0 aliphatic rings. The zero-order valence-electron chi connectivity index (χ0n) is 11.6. The second-order valence-corrected chi connectivity index (χ2v) is 4.88. The van der Waals surface area contributed by atoms with E-state index < -0.39 is 23.5 Å². The van der Waals surface area contributed by atoms with Crippen molar-refractivity contribution in [1.82, 2.24) is 0 Å². The molecule has 0 bridgehead atoms. The molecule has 4 nitrogen and oxygen atoms in total. The highest BCUT2D eigenvalue weighted by Crippen LogP contribution is 2.23. The predicted molar refractivity (Wildman–Crippen MR) is 79.2 cm³/mol. The zero-order valence-corrected chi connectivity index (χ0v) is 11.6. The van der Waals surface area contributed by atoms with Crippen molar-refractivity contribution in [2.75, 3.05) is 5.32 Å². The third-order valence-corrected chi connectivity index (χ3v) is 3.35. The van der Waals surface area contributed by atoms with Crippen molar-refractivity contribution in [2.45, 2.75) is 13.0 Å². The van der Waals surface area contributed by atoms with Gasteiger partial charge in [-0.3, -0.25) is 4.79 Å². The number of carbonyl (C=O) groups is 1. The Labute approximate surface area is 122 Å². The van der Waals surface area contributed by atoms with Crippen LogP contribution in [0.4, 0.5) is 10.1 Å². The number of phenols is 1. The summed E-state index contributed by atoms with van der Waals surface area (Å²) in [4.78, 5) is 12.1. The van der Waals surface area contributed by atoms with Crippen molar-refractivity contribution in [2.24, 2.45) is 11.7 Å². The Morgan fingerprint density at radius 2 is 1.90 bits per heavy atom. The molecule has 0 aromatic heterocycles. The molecule has 0 saturated heterocycles. The van der Waals surface area contributed by atoms with Gasteiger partial charge in [0, 0.05) is 17.8 Å². The summed E-state index contributed by atoms with van der Waals surface area (Å²) in [5, 5.41) is 11.7. The molecule has 0 saturated carbocycles. The van der Waals surface area contributed by atoms with Gasteiger partial charge in [0.15, 0.2) is 11.6 Å². The Balaban J connectivity index is 2.07. The molecule has 2 aromatic rings. The predicted octanol–water partition coefficient (Wildman–Crippen LogP) is 2.81. The molecular weight excluding hydrogens is 271 g/mol. The summed E-state index contributed by atoms with van der Waals surface area (Å²) in [6, 6.07) is 12.5. The van der Waals surface area contributed by atoms with Crippen molar-refractivity contribution >= 4 is 11.6 Å². The third kappa shape index (κ3) is 3.58. The van der Waals surface area contributed by atoms with Gasteiger partial charge in [-0.05, 0) is 17.7 Å². The number of hydrogen-bond acceptors (Lipinski definition) is 3. The summed E-state index contributed by atoms with van der Waals surface area (Å²) in [5.74, 6) is -2.03. The average Bonchev–Trinajstić information content (AvgIpc) is 2.50. The third-order valence-electron chi connectivity index (χ3n) is 3.35. The van der Waals surface area contributed by atoms with Crippen molar-refractivity contribution < 1.29 is 14.3 Å². The Bertz CT molecular complexity index is 631. The van der Waals surface area contributed by atoms with Gasteiger partial charge < -0.3 is 16.2 Å². The Kier molecular flexibility index (Phi) is 4.55. The monoisotopic (exact) mass is 288 g/mol. The van der Waals surface area contributed by atoms with Crippen LogP contribution in [0.1, 0.15) is 18.5 Å². The van der Waals surface area contributed by atoms with Gasteiger partial charge in [-0.1, -0.05) is 37.3 Å². The molecule has 4 N–H and O–H groups in total. The highest BCUT2D eigenvalue weighted by atomic mass is 19.1. The van der Waals surface area contributed by atoms with Gasteiger partial charge in [-0.2, -0.15) is 0 Å². The van der Waals surface area contributed by atoms with Crippen LogP contribution in [0.5, 0.6) is 5.75 Å². The topological polar surface area (TPSA) is 75.3 Å². The SMILES string of the molecule is CC(C(=O)Nc1ccc(O)c(F)c1)C(N)c1ccccc1. The van der Waals surface area contributed by atoms with E-state index in [9.17, 15) is 9.18 Å². The van der Waals surface area contributed by atoms with E-state index in [0.29, 0.717) is 0 Å². The lowest BCUT2D eigenvalue weighted by Crippen LogP contribution is -2.30. The van der Waals surface area contributed by atoms with Crippen LogP contribution in [0.3, 0.4) is 0 Å². The molecule has 110 valence electrons. The van der Waals surface area contributed by atoms with Crippen molar-refractivity contribution in [3.8, 4) is 5.75 Å². The molecule has 0 aliphatic carbocycles. The summed E-state index contributed by atoms with van der Waals surface area (Å²) in [6.07, 6.45) is 0. The summed E-state index contributed by atoms with van der Waals surface area (Å²) < 4.78 is 13.2. The van der Waals surface area contributed by atoms with E-state index in [1.807, 2.05) is 30.3 Å². The van der Waals surface area contributed by atoms with Gasteiger partial charge in [0.2, 0.25) is 5.91 Å². The van der Waals surface area contributed by atoms with Crippen LogP contribution in [0.25, 0.3) is 0 Å². The van der Waals surface area contributed by atoms with Gasteiger partial charge in [0.25, 0.3) is 0 Å². The van der Waals surface area contributed by atoms with Gasteiger partial charge in [0.05, 0.1) is 5.92 Å². The van der Waals surface area contributed by atoms with E-state index in [1.54, 1.807) is 6.92 Å². The van der Waals surface area contributed by atoms with Crippen LogP contribution in [0, 0.1) is 11.7 Å². The van der Waals surface area contributed by atoms with Crippen molar-refractivity contribution in [1.29, 1.82) is 0 Å². The smallest absolute Gasteiger partial charge is 0.229 e. The van der Waals surface area contributed by atoms with Crippen LogP contribution < -0.4 is 11.1 Å². The first-order valence-corrected chi connectivity index (χ1v) is 6.59. The highest BCUT2D eigenvalue weighted by molar-refractivity contribution is 5.92. The van der Waals surface area contributed by atoms with E-state index in [1.165, 1.54) is 12.1 Å². The molecule has 2 rings (SSSR count). The fourth-order valence-corrected chi connectivity index (χ4v) is 1.97. The maximum atomic E-state index is 13.2. The molecule has 0 radical (unpaired) electrons. The number of anilines is 1. The number of nitrogens with one attached hydrogen (secondary N) is 1. The Hall–Kier alpha value is -2.40. The molecule has 0 aliphatic heterocycles. The second kappa shape index (κ2) is 6.37. The van der Waals surface area contributed by atoms with Crippen LogP contribution in [0.15, 0.2) is 48.5 Å². The lowest BCUT2D eigenvalue weighted by molar-refractivity contribution is -0.120. The van der Waals surface area contributed by atoms with Gasteiger partial charge in [0.1, 0.15) is 0 Å². The first-order valence-electron chi connectivity index (χ1n) is 6.59. The van der Waals surface area contributed by atoms with Gasteiger partial charge >= 0.3 is 0 Å². The van der Waals surface area contributed by atoms with Crippen molar-refractivity contribution in [3.05, 3.63) is 59.9 Å². The van der Waals surface area contributed by atoms with Crippen LogP contribution in [-0.4, -0.2) is 11.0 Å². The van der Waals surface area contributed by atoms with E-state index in [2.05, 4.69) is 5.32 Å². The lowest BCUT2D eigenvalue weighted by Gasteiger charge is -2.19. The number of phenolic OH excluding ortho intramolecular Hbond substituents is 1. The maximum absolute atomic E-state index is 13.2. The number of amides is 1. The van der Waals surface area contributed by atoms with Crippen LogP contribution in [0.2, 0.25) is 0 Å². The summed E-state index contributed by atoms with van der Waals surface area (Å²) in [7, 11) is 0. The van der Waals surface area contributed by atoms with Crippen molar-refractivity contribution in [3.63, 3.8) is 0 Å². The normalized spacial score (nSPS) is 13.5. The zero-order chi connectivity index (χ0) is 15.4. The molecular formula is C16H17FN2O2. The molecule has 0 heterocycles. The molecule has 5 heteroatoms. The molecule has 0 fully saturated rings. The molecule has 2 unspecified atom stereocenters. The van der Waals surface area contributed by atoms with Gasteiger partial charge in [-0.15, -0.1) is 0 Å². The fraction of sp³-hybridized carbons (Fsp3) is 0.188. The quantitative estimate of drug-likeness (QED) is 0.757. The molecule has 1 amide bonds. The van der Waals surface area contributed by atoms with E-state index in [0.717, 1.165) is 11.6 Å². The van der Waals surface area contributed by atoms with Crippen LogP contribution in [-0.2, 0) is 4.79 Å². The molecule has 0 spiro atoms. The number of halogens is 1. The van der Waals surface area contributed by atoms with Gasteiger partial charge in [-0.25, -0.2) is 4.39 Å². The molecule has 2 aromatic carbocycles. The Morgan fingerprint density at radius 1 is 1.24 bits per heavy atom. The fourth-order valence-electron chi connectivity index (χ4n) is 1.97. The first kappa shape index (κ1) is 15.0. The minimum atomic E-state index is -0.784. The summed E-state index contributed by atoms with van der Waals surface area (Å²) in [6.45, 7) is 1.71. The lowest BCUT2D eigenvalue weighted by atomic mass is 9.94. The summed E-state index contributed by atoms with van der Waals surface area (Å²) in [5.41, 5.74) is 7.21. The number of hydrogen-bond donors (Lipinski definition) is 3. The number of carbonyl (C=O) groups excluding carboxylic acids is 1. The average molecular weight is 288 g/mol. The molecule has 2 atom stereocenters. The minimum absolute atomic E-state index is 0.280. The first-order chi connectivity index (χ1) is 9.99. The number of benzene rings is 2. The largest absolute Gasteiger partial charge is 0.505 e. The maximum Gasteiger partial charge on any atom is 0.229 e.